The van der Waals surface area contributed by atoms with Crippen molar-refractivity contribution in [1.82, 2.24) is 5.32 Å². The van der Waals surface area contributed by atoms with Crippen LogP contribution in [0.1, 0.15) is 69.6 Å². The number of ether oxygens (including phenoxy) is 2. The first-order valence-corrected chi connectivity index (χ1v) is 11.0. The van der Waals surface area contributed by atoms with E-state index in [1.165, 1.54) is 5.56 Å². The van der Waals surface area contributed by atoms with Crippen molar-refractivity contribution in [2.24, 2.45) is 0 Å². The third-order valence-electron chi connectivity index (χ3n) is 5.59. The molecule has 0 bridgehead atoms. The van der Waals surface area contributed by atoms with Crippen LogP contribution in [0.25, 0.3) is 0 Å². The van der Waals surface area contributed by atoms with Crippen molar-refractivity contribution in [3.8, 4) is 5.75 Å². The van der Waals surface area contributed by atoms with Gasteiger partial charge in [0.05, 0.1) is 11.7 Å². The molecule has 0 spiro atoms. The summed E-state index contributed by atoms with van der Waals surface area (Å²) in [4.78, 5) is 13.0. The lowest BCUT2D eigenvalue weighted by Gasteiger charge is -2.36. The van der Waals surface area contributed by atoms with Crippen molar-refractivity contribution in [2.75, 3.05) is 6.61 Å². The van der Waals surface area contributed by atoms with Crippen LogP contribution in [0.3, 0.4) is 0 Å². The Bertz CT molecular complexity index is 824. The molecular formula is C26H35NO3. The van der Waals surface area contributed by atoms with Gasteiger partial charge in [-0.25, -0.2) is 0 Å². The molecule has 2 aromatic carbocycles. The minimum Gasteiger partial charge on any atom is -0.491 e. The zero-order chi connectivity index (χ0) is 21.7. The molecule has 0 radical (unpaired) electrons. The Morgan fingerprint density at radius 1 is 1.10 bits per heavy atom. The topological polar surface area (TPSA) is 47.6 Å². The van der Waals surface area contributed by atoms with Gasteiger partial charge in [-0.15, -0.1) is 0 Å². The number of benzene rings is 2. The van der Waals surface area contributed by atoms with Crippen LogP contribution in [0, 0.1) is 6.92 Å². The standard InChI is InChI=1S/C26H35NO3/c1-18(2)30-23-12-10-21(11-13-23)24(20-8-6-19(3)7-9-20)16-25(28)27-22-14-15-29-26(4,5)17-22/h6-13,18,22,24H,14-17H2,1-5H3,(H,27,28)/t22-,24+/m0/s1. The minimum absolute atomic E-state index is 0.00607. The quantitative estimate of drug-likeness (QED) is 0.668. The molecule has 0 aliphatic carbocycles. The van der Waals surface area contributed by atoms with E-state index in [0.29, 0.717) is 13.0 Å². The van der Waals surface area contributed by atoms with Crippen LogP contribution in [-0.4, -0.2) is 30.3 Å². The largest absolute Gasteiger partial charge is 0.491 e. The second kappa shape index (κ2) is 9.65. The molecule has 0 saturated carbocycles. The van der Waals surface area contributed by atoms with Gasteiger partial charge in [0.2, 0.25) is 5.91 Å². The summed E-state index contributed by atoms with van der Waals surface area (Å²) in [7, 11) is 0. The highest BCUT2D eigenvalue weighted by Crippen LogP contribution is 2.31. The van der Waals surface area contributed by atoms with Gasteiger partial charge in [0.25, 0.3) is 0 Å². The van der Waals surface area contributed by atoms with E-state index >= 15 is 0 Å². The molecule has 4 heteroatoms. The van der Waals surface area contributed by atoms with Crippen LogP contribution in [0.4, 0.5) is 0 Å². The number of carbonyl (C=O) groups is 1. The number of nitrogens with one attached hydrogen (secondary N) is 1. The SMILES string of the molecule is Cc1ccc([C@@H](CC(=O)N[C@H]2CCOC(C)(C)C2)c2ccc(OC(C)C)cc2)cc1. The van der Waals surface area contributed by atoms with E-state index in [-0.39, 0.29) is 29.6 Å². The molecule has 1 N–H and O–H groups in total. The Morgan fingerprint density at radius 3 is 2.27 bits per heavy atom. The maximum atomic E-state index is 13.0. The van der Waals surface area contributed by atoms with Gasteiger partial charge >= 0.3 is 0 Å². The summed E-state index contributed by atoms with van der Waals surface area (Å²) in [6.45, 7) is 11.0. The summed E-state index contributed by atoms with van der Waals surface area (Å²) in [6.07, 6.45) is 2.27. The number of amides is 1. The maximum Gasteiger partial charge on any atom is 0.221 e. The first-order chi connectivity index (χ1) is 14.2. The minimum atomic E-state index is -0.182. The predicted molar refractivity (Wildman–Crippen MR) is 121 cm³/mol. The molecule has 1 aliphatic rings. The highest BCUT2D eigenvalue weighted by Gasteiger charge is 2.30. The zero-order valence-corrected chi connectivity index (χ0v) is 18.9. The van der Waals surface area contributed by atoms with Crippen LogP contribution < -0.4 is 10.1 Å². The van der Waals surface area contributed by atoms with Gasteiger partial charge < -0.3 is 14.8 Å². The predicted octanol–water partition coefficient (Wildman–Crippen LogP) is 5.38. The third kappa shape index (κ3) is 6.33. The van der Waals surface area contributed by atoms with Crippen molar-refractivity contribution >= 4 is 5.91 Å². The average molecular weight is 410 g/mol. The number of rotatable bonds is 7. The smallest absolute Gasteiger partial charge is 0.221 e. The molecule has 3 rings (SSSR count). The average Bonchev–Trinajstić information content (AvgIpc) is 2.66. The summed E-state index contributed by atoms with van der Waals surface area (Å²) >= 11 is 0. The Hall–Kier alpha value is -2.33. The molecule has 2 atom stereocenters. The monoisotopic (exact) mass is 409 g/mol. The van der Waals surface area contributed by atoms with Gasteiger partial charge in [-0.2, -0.15) is 0 Å². The van der Waals surface area contributed by atoms with Gasteiger partial charge in [-0.05, 0) is 70.7 Å². The third-order valence-corrected chi connectivity index (χ3v) is 5.59. The van der Waals surface area contributed by atoms with Crippen LogP contribution in [0.2, 0.25) is 0 Å². The molecule has 0 unspecified atom stereocenters. The molecular weight excluding hydrogens is 374 g/mol. The fourth-order valence-corrected chi connectivity index (χ4v) is 4.10. The molecule has 30 heavy (non-hydrogen) atoms. The first-order valence-electron chi connectivity index (χ1n) is 11.0. The van der Waals surface area contributed by atoms with Crippen molar-refractivity contribution in [1.29, 1.82) is 0 Å². The van der Waals surface area contributed by atoms with E-state index in [9.17, 15) is 4.79 Å². The van der Waals surface area contributed by atoms with E-state index in [0.717, 1.165) is 29.7 Å². The molecule has 2 aromatic rings. The van der Waals surface area contributed by atoms with Gasteiger partial charge in [0, 0.05) is 25.0 Å². The maximum absolute atomic E-state index is 13.0. The second-order valence-electron chi connectivity index (χ2n) is 9.27. The number of carbonyl (C=O) groups excluding carboxylic acids is 1. The molecule has 4 nitrogen and oxygen atoms in total. The summed E-state index contributed by atoms with van der Waals surface area (Å²) < 4.78 is 11.6. The Morgan fingerprint density at radius 2 is 1.70 bits per heavy atom. The van der Waals surface area contributed by atoms with Crippen molar-refractivity contribution in [3.63, 3.8) is 0 Å². The summed E-state index contributed by atoms with van der Waals surface area (Å²) in [6, 6.07) is 16.8. The first kappa shape index (κ1) is 22.4. The Kier molecular flexibility index (Phi) is 7.19. The Labute approximate surface area is 181 Å². The normalized spacial score (nSPS) is 19.3. The number of hydrogen-bond donors (Lipinski definition) is 1. The zero-order valence-electron chi connectivity index (χ0n) is 18.9. The van der Waals surface area contributed by atoms with Gasteiger partial charge in [-0.3, -0.25) is 4.79 Å². The van der Waals surface area contributed by atoms with E-state index in [2.05, 4.69) is 62.5 Å². The number of aryl methyl sites for hydroxylation is 1. The van der Waals surface area contributed by atoms with Gasteiger partial charge in [0.15, 0.2) is 0 Å². The van der Waals surface area contributed by atoms with Crippen LogP contribution in [-0.2, 0) is 9.53 Å². The van der Waals surface area contributed by atoms with Crippen molar-refractivity contribution in [2.45, 2.75) is 77.5 Å². The van der Waals surface area contributed by atoms with Crippen molar-refractivity contribution in [3.05, 3.63) is 65.2 Å². The summed E-state index contributed by atoms with van der Waals surface area (Å²) in [5, 5.41) is 3.25. The lowest BCUT2D eigenvalue weighted by Crippen LogP contribution is -2.46. The molecule has 0 aromatic heterocycles. The fraction of sp³-hybridized carbons (Fsp3) is 0.500. The van der Waals surface area contributed by atoms with Crippen LogP contribution in [0.15, 0.2) is 48.5 Å². The lowest BCUT2D eigenvalue weighted by atomic mass is 9.87. The van der Waals surface area contributed by atoms with E-state index in [4.69, 9.17) is 9.47 Å². The molecule has 162 valence electrons. The Balaban J connectivity index is 1.76. The molecule has 1 fully saturated rings. The highest BCUT2D eigenvalue weighted by atomic mass is 16.5. The number of hydrogen-bond acceptors (Lipinski definition) is 3. The van der Waals surface area contributed by atoms with Gasteiger partial charge in [-0.1, -0.05) is 42.0 Å². The molecule has 1 heterocycles. The second-order valence-corrected chi connectivity index (χ2v) is 9.27. The van der Waals surface area contributed by atoms with Crippen LogP contribution >= 0.6 is 0 Å². The van der Waals surface area contributed by atoms with E-state index in [1.54, 1.807) is 0 Å². The molecule has 1 saturated heterocycles. The summed E-state index contributed by atoms with van der Waals surface area (Å²) in [5.41, 5.74) is 3.31. The van der Waals surface area contributed by atoms with E-state index < -0.39 is 0 Å². The van der Waals surface area contributed by atoms with Crippen molar-refractivity contribution < 1.29 is 14.3 Å². The molecule has 1 aliphatic heterocycles. The highest BCUT2D eigenvalue weighted by molar-refractivity contribution is 5.78. The van der Waals surface area contributed by atoms with Crippen LogP contribution in [0.5, 0.6) is 5.75 Å². The molecule has 1 amide bonds. The summed E-state index contributed by atoms with van der Waals surface area (Å²) in [5.74, 6) is 0.947. The lowest BCUT2D eigenvalue weighted by molar-refractivity contribution is -0.124. The fourth-order valence-electron chi connectivity index (χ4n) is 4.10. The van der Waals surface area contributed by atoms with E-state index in [1.807, 2.05) is 26.0 Å². The van der Waals surface area contributed by atoms with Gasteiger partial charge in [0.1, 0.15) is 5.75 Å².